The Hall–Kier alpha value is -2.93. The molecule has 13 nitrogen and oxygen atoms in total. The number of nitrogens with two attached hydrogens (primary N) is 3. The van der Waals surface area contributed by atoms with E-state index in [0.29, 0.717) is 19.4 Å². The Morgan fingerprint density at radius 3 is 2.17 bits per heavy atom. The van der Waals surface area contributed by atoms with Gasteiger partial charge in [-0.2, -0.15) is 0 Å². The Morgan fingerprint density at radius 1 is 1.07 bits per heavy atom. The first kappa shape index (κ1) is 26.1. The summed E-state index contributed by atoms with van der Waals surface area (Å²) in [6, 6.07) is -3.40. The molecule has 3 amide bonds. The summed E-state index contributed by atoms with van der Waals surface area (Å²) in [5.74, 6) is -3.82. The molecule has 0 aliphatic heterocycles. The molecule has 0 aliphatic carbocycles. The summed E-state index contributed by atoms with van der Waals surface area (Å²) in [5.41, 5.74) is 16.1. The monoisotopic (exact) mass is 417 g/mol. The number of aliphatic carboxylic acids is 1. The molecule has 0 rings (SSSR count). The molecular weight excluding hydrogens is 386 g/mol. The Morgan fingerprint density at radius 2 is 1.69 bits per heavy atom. The fourth-order valence-electron chi connectivity index (χ4n) is 2.16. The number of aliphatic hydroxyl groups is 1. The maximum absolute atomic E-state index is 12.2. The number of carbonyl (C=O) groups excluding carboxylic acids is 3. The van der Waals surface area contributed by atoms with E-state index in [9.17, 15) is 19.2 Å². The van der Waals surface area contributed by atoms with E-state index in [-0.39, 0.29) is 11.9 Å². The van der Waals surface area contributed by atoms with Gasteiger partial charge >= 0.3 is 5.97 Å². The van der Waals surface area contributed by atoms with Crippen LogP contribution in [-0.4, -0.2) is 77.7 Å². The molecule has 0 heterocycles. The topological polar surface area (TPSA) is 235 Å². The largest absolute Gasteiger partial charge is 0.480 e. The molecule has 0 spiro atoms. The number of carboxylic acids is 1. The summed E-state index contributed by atoms with van der Waals surface area (Å²) < 4.78 is 0. The van der Waals surface area contributed by atoms with Gasteiger partial charge in [0.05, 0.1) is 19.2 Å². The standard InChI is InChI=1S/C16H31N7O6/c1-8(2)12(14(27)22-10(7-24)15(28)29)23-11(25)6-21-13(26)9(17)4-3-5-20-16(18)19/h8-10,12,24H,3-7,17H2,1-2H3,(H,21,26)(H,22,27)(H,23,25)(H,28,29)(H4,18,19,20). The highest BCUT2D eigenvalue weighted by Crippen LogP contribution is 2.03. The zero-order valence-electron chi connectivity index (χ0n) is 16.6. The van der Waals surface area contributed by atoms with Crippen molar-refractivity contribution in [3.05, 3.63) is 0 Å². The molecule has 0 aliphatic rings. The van der Waals surface area contributed by atoms with Crippen molar-refractivity contribution in [2.75, 3.05) is 19.7 Å². The van der Waals surface area contributed by atoms with Gasteiger partial charge in [-0.3, -0.25) is 19.4 Å². The first-order chi connectivity index (χ1) is 13.5. The molecule has 0 radical (unpaired) electrons. The molecule has 0 aromatic rings. The minimum Gasteiger partial charge on any atom is -0.480 e. The van der Waals surface area contributed by atoms with Gasteiger partial charge in [0.2, 0.25) is 17.7 Å². The van der Waals surface area contributed by atoms with Crippen LogP contribution in [0.1, 0.15) is 26.7 Å². The molecule has 0 saturated carbocycles. The Kier molecular flexibility index (Phi) is 11.9. The third-order valence-electron chi connectivity index (χ3n) is 3.79. The van der Waals surface area contributed by atoms with Gasteiger partial charge in [-0.15, -0.1) is 0 Å². The number of nitrogens with zero attached hydrogens (tertiary/aromatic N) is 1. The van der Waals surface area contributed by atoms with E-state index in [1.165, 1.54) is 0 Å². The SMILES string of the molecule is CC(C)C(NC(=O)CNC(=O)C(N)CCCN=C(N)N)C(=O)NC(CO)C(=O)O. The first-order valence-corrected chi connectivity index (χ1v) is 9.01. The van der Waals surface area contributed by atoms with Crippen molar-refractivity contribution in [1.29, 1.82) is 0 Å². The van der Waals surface area contributed by atoms with Crippen molar-refractivity contribution >= 4 is 29.7 Å². The zero-order chi connectivity index (χ0) is 22.6. The summed E-state index contributed by atoms with van der Waals surface area (Å²) in [6.07, 6.45) is 0.781. The molecule has 11 N–H and O–H groups in total. The lowest BCUT2D eigenvalue weighted by molar-refractivity contribution is -0.143. The van der Waals surface area contributed by atoms with Crippen LogP contribution >= 0.6 is 0 Å². The number of guanidine groups is 1. The molecule has 29 heavy (non-hydrogen) atoms. The molecule has 3 unspecified atom stereocenters. The maximum atomic E-state index is 12.2. The van der Waals surface area contributed by atoms with E-state index in [1.54, 1.807) is 13.8 Å². The van der Waals surface area contributed by atoms with E-state index < -0.39 is 55.0 Å². The molecular formula is C16H31N7O6. The van der Waals surface area contributed by atoms with Crippen LogP contribution in [0.4, 0.5) is 0 Å². The summed E-state index contributed by atoms with van der Waals surface area (Å²) >= 11 is 0. The van der Waals surface area contributed by atoms with Gasteiger partial charge in [-0.1, -0.05) is 13.8 Å². The third-order valence-corrected chi connectivity index (χ3v) is 3.79. The minimum absolute atomic E-state index is 0.0582. The normalized spacial score (nSPS) is 13.7. The maximum Gasteiger partial charge on any atom is 0.328 e. The van der Waals surface area contributed by atoms with Crippen LogP contribution in [0.2, 0.25) is 0 Å². The number of aliphatic imine (C=N–C) groups is 1. The number of carboxylic acid groups (broad SMARTS) is 1. The lowest BCUT2D eigenvalue weighted by atomic mass is 10.0. The van der Waals surface area contributed by atoms with Crippen LogP contribution in [0.3, 0.4) is 0 Å². The van der Waals surface area contributed by atoms with Crippen molar-refractivity contribution in [3.63, 3.8) is 0 Å². The Bertz CT molecular complexity index is 607. The average molecular weight is 417 g/mol. The van der Waals surface area contributed by atoms with Crippen molar-refractivity contribution in [1.82, 2.24) is 16.0 Å². The summed E-state index contributed by atoms with van der Waals surface area (Å²) in [4.78, 5) is 50.8. The summed E-state index contributed by atoms with van der Waals surface area (Å²) in [5, 5.41) is 24.8. The average Bonchev–Trinajstić information content (AvgIpc) is 2.64. The Labute approximate surface area is 168 Å². The van der Waals surface area contributed by atoms with Gasteiger partial charge < -0.3 is 43.4 Å². The van der Waals surface area contributed by atoms with Gasteiger partial charge in [-0.05, 0) is 18.8 Å². The zero-order valence-corrected chi connectivity index (χ0v) is 16.6. The van der Waals surface area contributed by atoms with Gasteiger partial charge in [0.15, 0.2) is 5.96 Å². The Balaban J connectivity index is 4.55. The van der Waals surface area contributed by atoms with Crippen LogP contribution in [-0.2, 0) is 19.2 Å². The summed E-state index contributed by atoms with van der Waals surface area (Å²) in [7, 11) is 0. The smallest absolute Gasteiger partial charge is 0.328 e. The van der Waals surface area contributed by atoms with E-state index in [0.717, 1.165) is 0 Å². The van der Waals surface area contributed by atoms with Gasteiger partial charge in [0, 0.05) is 6.54 Å². The molecule has 13 heteroatoms. The van der Waals surface area contributed by atoms with Gasteiger partial charge in [-0.25, -0.2) is 4.79 Å². The van der Waals surface area contributed by atoms with Crippen molar-refractivity contribution in [2.24, 2.45) is 28.1 Å². The molecule has 0 fully saturated rings. The number of nitrogens with one attached hydrogen (secondary N) is 3. The van der Waals surface area contributed by atoms with Crippen LogP contribution in [0, 0.1) is 5.92 Å². The predicted octanol–water partition coefficient (Wildman–Crippen LogP) is -3.81. The van der Waals surface area contributed by atoms with E-state index in [2.05, 4.69) is 20.9 Å². The molecule has 3 atom stereocenters. The number of rotatable bonds is 13. The van der Waals surface area contributed by atoms with Crippen LogP contribution in [0.25, 0.3) is 0 Å². The van der Waals surface area contributed by atoms with E-state index in [1.807, 2.05) is 0 Å². The quantitative estimate of drug-likeness (QED) is 0.0831. The molecule has 166 valence electrons. The van der Waals surface area contributed by atoms with Gasteiger partial charge in [0.1, 0.15) is 12.1 Å². The minimum atomic E-state index is -1.49. The fourth-order valence-corrected chi connectivity index (χ4v) is 2.16. The van der Waals surface area contributed by atoms with E-state index >= 15 is 0 Å². The molecule has 0 saturated heterocycles. The van der Waals surface area contributed by atoms with Crippen molar-refractivity contribution in [2.45, 2.75) is 44.8 Å². The molecule has 0 aromatic heterocycles. The number of amides is 3. The van der Waals surface area contributed by atoms with Crippen LogP contribution in [0.15, 0.2) is 4.99 Å². The fraction of sp³-hybridized carbons (Fsp3) is 0.688. The highest BCUT2D eigenvalue weighted by atomic mass is 16.4. The van der Waals surface area contributed by atoms with Crippen molar-refractivity contribution < 1.29 is 29.4 Å². The lowest BCUT2D eigenvalue weighted by Crippen LogP contribution is -2.56. The number of hydrogen-bond donors (Lipinski definition) is 8. The predicted molar refractivity (Wildman–Crippen MR) is 104 cm³/mol. The van der Waals surface area contributed by atoms with Crippen LogP contribution < -0.4 is 33.2 Å². The number of aliphatic hydroxyl groups excluding tert-OH is 1. The first-order valence-electron chi connectivity index (χ1n) is 9.01. The second-order valence-corrected chi connectivity index (χ2v) is 6.64. The third kappa shape index (κ3) is 10.8. The molecule has 0 aromatic carbocycles. The highest BCUT2D eigenvalue weighted by Gasteiger charge is 2.28. The number of carbonyl (C=O) groups is 4. The second-order valence-electron chi connectivity index (χ2n) is 6.64. The van der Waals surface area contributed by atoms with Gasteiger partial charge in [0.25, 0.3) is 0 Å². The van der Waals surface area contributed by atoms with E-state index in [4.69, 9.17) is 27.4 Å². The van der Waals surface area contributed by atoms with Crippen LogP contribution in [0.5, 0.6) is 0 Å². The second kappa shape index (κ2) is 13.3. The lowest BCUT2D eigenvalue weighted by Gasteiger charge is -2.23. The number of hydrogen-bond acceptors (Lipinski definition) is 7. The summed E-state index contributed by atoms with van der Waals surface area (Å²) in [6.45, 7) is 2.39. The molecule has 0 bridgehead atoms. The highest BCUT2D eigenvalue weighted by molar-refractivity contribution is 5.92. The van der Waals surface area contributed by atoms with Crippen molar-refractivity contribution in [3.8, 4) is 0 Å².